The Hall–Kier alpha value is -0.870. The summed E-state index contributed by atoms with van der Waals surface area (Å²) in [5.74, 6) is 1.74. The van der Waals surface area contributed by atoms with Gasteiger partial charge in [0.2, 0.25) is 0 Å². The molecule has 90 valence electrons. The zero-order valence-electron chi connectivity index (χ0n) is 9.60. The number of aromatic nitrogens is 2. The van der Waals surface area contributed by atoms with Gasteiger partial charge in [0, 0.05) is 19.6 Å². The number of pyridine rings is 1. The van der Waals surface area contributed by atoms with Gasteiger partial charge in [-0.2, -0.15) is 0 Å². The predicted octanol–water partition coefficient (Wildman–Crippen LogP) is 3.07. The number of fused-ring (bicyclic) bond motifs is 1. The molecule has 0 amide bonds. The molecule has 4 heteroatoms. The number of rotatable bonds is 2. The first-order valence-corrected chi connectivity index (χ1v) is 6.82. The van der Waals surface area contributed by atoms with Crippen molar-refractivity contribution in [3.63, 3.8) is 0 Å². The Kier molecular flexibility index (Phi) is 3.16. The van der Waals surface area contributed by atoms with Crippen molar-refractivity contribution in [2.24, 2.45) is 5.92 Å². The second-order valence-corrected chi connectivity index (χ2v) is 5.38. The summed E-state index contributed by atoms with van der Waals surface area (Å²) < 4.78 is 8.77. The molecule has 0 radical (unpaired) electrons. The van der Waals surface area contributed by atoms with Crippen molar-refractivity contribution in [2.45, 2.75) is 19.3 Å². The van der Waals surface area contributed by atoms with Crippen LogP contribution in [0.1, 0.15) is 18.7 Å². The van der Waals surface area contributed by atoms with Gasteiger partial charge in [-0.3, -0.25) is 4.40 Å². The van der Waals surface area contributed by atoms with Crippen molar-refractivity contribution < 1.29 is 4.74 Å². The van der Waals surface area contributed by atoms with Gasteiger partial charge in [0.15, 0.2) is 0 Å². The van der Waals surface area contributed by atoms with Crippen LogP contribution in [0.2, 0.25) is 0 Å². The lowest BCUT2D eigenvalue weighted by Crippen LogP contribution is -2.20. The summed E-state index contributed by atoms with van der Waals surface area (Å²) >= 11 is 3.58. The fourth-order valence-electron chi connectivity index (χ4n) is 2.44. The lowest BCUT2D eigenvalue weighted by atomic mass is 9.98. The van der Waals surface area contributed by atoms with Crippen LogP contribution in [0.3, 0.4) is 0 Å². The molecule has 1 unspecified atom stereocenters. The number of hydrogen-bond donors (Lipinski definition) is 0. The van der Waals surface area contributed by atoms with Crippen molar-refractivity contribution in [1.29, 1.82) is 0 Å². The van der Waals surface area contributed by atoms with E-state index < -0.39 is 0 Å². The van der Waals surface area contributed by atoms with Crippen LogP contribution in [0.4, 0.5) is 0 Å². The van der Waals surface area contributed by atoms with Gasteiger partial charge >= 0.3 is 0 Å². The highest BCUT2D eigenvalue weighted by molar-refractivity contribution is 9.10. The zero-order valence-corrected chi connectivity index (χ0v) is 11.2. The van der Waals surface area contributed by atoms with E-state index in [0.29, 0.717) is 5.92 Å². The molecule has 17 heavy (non-hydrogen) atoms. The van der Waals surface area contributed by atoms with E-state index in [4.69, 9.17) is 4.74 Å². The van der Waals surface area contributed by atoms with E-state index in [0.717, 1.165) is 35.6 Å². The largest absolute Gasteiger partial charge is 0.381 e. The van der Waals surface area contributed by atoms with E-state index in [1.165, 1.54) is 12.8 Å². The lowest BCUT2D eigenvalue weighted by Gasteiger charge is -2.21. The predicted molar refractivity (Wildman–Crippen MR) is 70.1 cm³/mol. The van der Waals surface area contributed by atoms with Crippen molar-refractivity contribution in [3.8, 4) is 0 Å². The van der Waals surface area contributed by atoms with E-state index in [-0.39, 0.29) is 0 Å². The van der Waals surface area contributed by atoms with Crippen LogP contribution >= 0.6 is 15.9 Å². The summed E-state index contributed by atoms with van der Waals surface area (Å²) in [6.07, 6.45) is 5.36. The van der Waals surface area contributed by atoms with Crippen LogP contribution in [0.5, 0.6) is 0 Å². The van der Waals surface area contributed by atoms with E-state index >= 15 is 0 Å². The Labute approximate surface area is 109 Å². The maximum absolute atomic E-state index is 5.52. The first-order valence-electron chi connectivity index (χ1n) is 6.03. The number of halogens is 1. The Morgan fingerprint density at radius 3 is 3.24 bits per heavy atom. The van der Waals surface area contributed by atoms with Gasteiger partial charge in [-0.15, -0.1) is 0 Å². The Balaban J connectivity index is 1.89. The SMILES string of the molecule is Brc1cccc2cnc(CC3CCCOC3)n12. The molecule has 1 aliphatic heterocycles. The molecule has 3 nitrogen and oxygen atoms in total. The Morgan fingerprint density at radius 2 is 2.41 bits per heavy atom. The average Bonchev–Trinajstić information content (AvgIpc) is 2.75. The molecule has 2 aromatic rings. The van der Waals surface area contributed by atoms with Crippen LogP contribution in [0, 0.1) is 5.92 Å². The van der Waals surface area contributed by atoms with E-state index in [9.17, 15) is 0 Å². The summed E-state index contributed by atoms with van der Waals surface area (Å²) in [4.78, 5) is 4.53. The summed E-state index contributed by atoms with van der Waals surface area (Å²) in [5, 5.41) is 0. The van der Waals surface area contributed by atoms with Crippen LogP contribution in [0.25, 0.3) is 5.52 Å². The van der Waals surface area contributed by atoms with Gasteiger partial charge in [-0.25, -0.2) is 4.98 Å². The van der Waals surface area contributed by atoms with Gasteiger partial charge in [0.25, 0.3) is 0 Å². The molecule has 3 rings (SSSR count). The van der Waals surface area contributed by atoms with Crippen LogP contribution in [-0.2, 0) is 11.2 Å². The topological polar surface area (TPSA) is 26.5 Å². The molecule has 0 aromatic carbocycles. The van der Waals surface area contributed by atoms with Crippen molar-refractivity contribution in [3.05, 3.63) is 34.8 Å². The maximum Gasteiger partial charge on any atom is 0.114 e. The zero-order chi connectivity index (χ0) is 11.7. The molecule has 1 aliphatic rings. The van der Waals surface area contributed by atoms with Gasteiger partial charge in [-0.1, -0.05) is 6.07 Å². The Morgan fingerprint density at radius 1 is 1.47 bits per heavy atom. The smallest absolute Gasteiger partial charge is 0.114 e. The van der Waals surface area contributed by atoms with Gasteiger partial charge in [0.1, 0.15) is 5.82 Å². The van der Waals surface area contributed by atoms with E-state index in [2.05, 4.69) is 37.4 Å². The summed E-state index contributed by atoms with van der Waals surface area (Å²) in [5.41, 5.74) is 1.14. The molecule has 0 N–H and O–H groups in total. The van der Waals surface area contributed by atoms with Crippen molar-refractivity contribution >= 4 is 21.4 Å². The minimum atomic E-state index is 0.612. The van der Waals surface area contributed by atoms with Gasteiger partial charge in [0.05, 0.1) is 16.3 Å². The van der Waals surface area contributed by atoms with Crippen molar-refractivity contribution in [2.75, 3.05) is 13.2 Å². The molecular weight excluding hydrogens is 280 g/mol. The van der Waals surface area contributed by atoms with Crippen LogP contribution < -0.4 is 0 Å². The van der Waals surface area contributed by atoms with Crippen LogP contribution in [-0.4, -0.2) is 22.6 Å². The van der Waals surface area contributed by atoms with Gasteiger partial charge in [-0.05, 0) is 46.8 Å². The first kappa shape index (κ1) is 11.2. The molecule has 1 fully saturated rings. The highest BCUT2D eigenvalue weighted by Gasteiger charge is 2.17. The fraction of sp³-hybridized carbons (Fsp3) is 0.462. The molecule has 0 bridgehead atoms. The molecule has 0 spiro atoms. The first-order chi connectivity index (χ1) is 8.34. The molecular formula is C13H15BrN2O. The van der Waals surface area contributed by atoms with E-state index in [1.807, 2.05) is 12.3 Å². The number of ether oxygens (including phenoxy) is 1. The molecule has 3 heterocycles. The fourth-order valence-corrected chi connectivity index (χ4v) is 3.00. The van der Waals surface area contributed by atoms with Crippen LogP contribution in [0.15, 0.2) is 29.0 Å². The number of hydrogen-bond acceptors (Lipinski definition) is 2. The number of imidazole rings is 1. The number of nitrogens with zero attached hydrogens (tertiary/aromatic N) is 2. The maximum atomic E-state index is 5.52. The summed E-state index contributed by atoms with van der Waals surface area (Å²) in [6, 6.07) is 6.17. The van der Waals surface area contributed by atoms with Gasteiger partial charge < -0.3 is 4.74 Å². The Bertz CT molecular complexity index is 517. The third-order valence-electron chi connectivity index (χ3n) is 3.30. The second kappa shape index (κ2) is 4.78. The molecule has 2 aromatic heterocycles. The monoisotopic (exact) mass is 294 g/mol. The highest BCUT2D eigenvalue weighted by atomic mass is 79.9. The summed E-state index contributed by atoms with van der Waals surface area (Å²) in [6.45, 7) is 1.79. The molecule has 1 saturated heterocycles. The lowest BCUT2D eigenvalue weighted by molar-refractivity contribution is 0.0542. The quantitative estimate of drug-likeness (QED) is 0.796. The molecule has 0 aliphatic carbocycles. The third-order valence-corrected chi connectivity index (χ3v) is 3.92. The minimum absolute atomic E-state index is 0.612. The normalized spacial score (nSPS) is 20.9. The third kappa shape index (κ3) is 2.24. The highest BCUT2D eigenvalue weighted by Crippen LogP contribution is 2.21. The average molecular weight is 295 g/mol. The van der Waals surface area contributed by atoms with E-state index in [1.54, 1.807) is 0 Å². The van der Waals surface area contributed by atoms with Crippen molar-refractivity contribution in [1.82, 2.24) is 9.38 Å². The minimum Gasteiger partial charge on any atom is -0.381 e. The summed E-state index contributed by atoms with van der Waals surface area (Å²) in [7, 11) is 0. The molecule has 0 saturated carbocycles. The standard InChI is InChI=1S/C13H15BrN2O/c14-12-5-1-4-11-8-15-13(16(11)12)7-10-3-2-6-17-9-10/h1,4-5,8,10H,2-3,6-7,9H2. The molecule has 1 atom stereocenters. The second-order valence-electron chi connectivity index (χ2n) is 4.57.